The van der Waals surface area contributed by atoms with E-state index in [0.29, 0.717) is 0 Å². The number of benzene rings is 1. The fourth-order valence-electron chi connectivity index (χ4n) is 2.61. The van der Waals surface area contributed by atoms with Gasteiger partial charge < -0.3 is 15.5 Å². The summed E-state index contributed by atoms with van der Waals surface area (Å²) in [5.41, 5.74) is 1.01. The second-order valence-electron chi connectivity index (χ2n) is 5.12. The maximum Gasteiger partial charge on any atom is 0.157 e. The Kier molecular flexibility index (Phi) is 3.89. The van der Waals surface area contributed by atoms with E-state index >= 15 is 0 Å². The summed E-state index contributed by atoms with van der Waals surface area (Å²) in [5.74, 6) is 1.52. The summed E-state index contributed by atoms with van der Waals surface area (Å²) in [6, 6.07) is 4.98. The van der Waals surface area contributed by atoms with Crippen molar-refractivity contribution in [3.05, 3.63) is 23.8 Å². The number of phenols is 2. The Bertz CT molecular complexity index is 378. The lowest BCUT2D eigenvalue weighted by Gasteiger charge is -2.16. The molecule has 2 atom stereocenters. The minimum absolute atomic E-state index is 0.0430. The Morgan fingerprint density at radius 2 is 2.06 bits per heavy atom. The topological polar surface area (TPSA) is 52.5 Å². The van der Waals surface area contributed by atoms with Crippen LogP contribution in [0, 0.1) is 11.8 Å². The molecule has 94 valence electrons. The maximum absolute atomic E-state index is 9.38. The number of nitrogens with one attached hydrogen (secondary N) is 1. The first-order chi connectivity index (χ1) is 8.16. The second-order valence-corrected chi connectivity index (χ2v) is 5.12. The average Bonchev–Trinajstić information content (AvgIpc) is 2.70. The lowest BCUT2D eigenvalue weighted by molar-refractivity contribution is 0.390. The zero-order valence-electron chi connectivity index (χ0n) is 10.3. The van der Waals surface area contributed by atoms with Crippen molar-refractivity contribution in [3.63, 3.8) is 0 Å². The normalized spacial score (nSPS) is 24.1. The van der Waals surface area contributed by atoms with Crippen LogP contribution in [0.2, 0.25) is 0 Å². The van der Waals surface area contributed by atoms with E-state index in [0.717, 1.165) is 30.5 Å². The molecule has 3 N–H and O–H groups in total. The summed E-state index contributed by atoms with van der Waals surface area (Å²) < 4.78 is 0. The number of aromatic hydroxyl groups is 2. The van der Waals surface area contributed by atoms with E-state index < -0.39 is 0 Å². The first kappa shape index (κ1) is 12.2. The molecule has 0 aliphatic heterocycles. The molecule has 1 aromatic carbocycles. The minimum atomic E-state index is -0.0573. The summed E-state index contributed by atoms with van der Waals surface area (Å²) in [6.07, 6.45) is 4.04. The van der Waals surface area contributed by atoms with Crippen LogP contribution in [0.1, 0.15) is 31.7 Å². The zero-order chi connectivity index (χ0) is 12.3. The molecule has 1 aliphatic rings. The van der Waals surface area contributed by atoms with Crippen molar-refractivity contribution in [2.45, 2.75) is 32.7 Å². The SMILES string of the molecule is CC1CCCC1CNCc1ccc(O)c(O)c1. The molecule has 0 spiro atoms. The van der Waals surface area contributed by atoms with Crippen molar-refractivity contribution in [3.8, 4) is 11.5 Å². The predicted molar refractivity (Wildman–Crippen MR) is 68.0 cm³/mol. The van der Waals surface area contributed by atoms with E-state index in [1.54, 1.807) is 6.07 Å². The van der Waals surface area contributed by atoms with Gasteiger partial charge in [0.25, 0.3) is 0 Å². The van der Waals surface area contributed by atoms with E-state index in [-0.39, 0.29) is 11.5 Å². The van der Waals surface area contributed by atoms with Crippen LogP contribution in [0.3, 0.4) is 0 Å². The van der Waals surface area contributed by atoms with E-state index in [1.807, 2.05) is 6.07 Å². The van der Waals surface area contributed by atoms with Gasteiger partial charge in [0.05, 0.1) is 0 Å². The first-order valence-electron chi connectivity index (χ1n) is 6.38. The fraction of sp³-hybridized carbons (Fsp3) is 0.571. The molecule has 0 radical (unpaired) electrons. The summed E-state index contributed by atoms with van der Waals surface area (Å²) >= 11 is 0. The van der Waals surface area contributed by atoms with Gasteiger partial charge in [-0.3, -0.25) is 0 Å². The van der Waals surface area contributed by atoms with E-state index in [4.69, 9.17) is 0 Å². The molecule has 0 amide bonds. The number of hydrogen-bond acceptors (Lipinski definition) is 3. The number of hydrogen-bond donors (Lipinski definition) is 3. The number of rotatable bonds is 4. The third-order valence-electron chi connectivity index (χ3n) is 3.81. The quantitative estimate of drug-likeness (QED) is 0.703. The maximum atomic E-state index is 9.38. The molecule has 0 saturated heterocycles. The van der Waals surface area contributed by atoms with Crippen LogP contribution in [0.5, 0.6) is 11.5 Å². The standard InChI is InChI=1S/C14H21NO2/c1-10-3-2-4-12(10)9-15-8-11-5-6-13(16)14(17)7-11/h5-7,10,12,15-17H,2-4,8-9H2,1H3. The highest BCUT2D eigenvalue weighted by molar-refractivity contribution is 5.40. The van der Waals surface area contributed by atoms with Crippen molar-refractivity contribution in [2.75, 3.05) is 6.54 Å². The highest BCUT2D eigenvalue weighted by atomic mass is 16.3. The van der Waals surface area contributed by atoms with Crippen LogP contribution in [0.25, 0.3) is 0 Å². The molecular formula is C14H21NO2. The van der Waals surface area contributed by atoms with Crippen LogP contribution in [0.4, 0.5) is 0 Å². The van der Waals surface area contributed by atoms with Gasteiger partial charge in [-0.05, 0) is 42.5 Å². The Hall–Kier alpha value is -1.22. The Morgan fingerprint density at radius 1 is 1.24 bits per heavy atom. The van der Waals surface area contributed by atoms with Crippen LogP contribution < -0.4 is 5.32 Å². The monoisotopic (exact) mass is 235 g/mol. The molecule has 1 aliphatic carbocycles. The smallest absolute Gasteiger partial charge is 0.157 e. The predicted octanol–water partition coefficient (Wildman–Crippen LogP) is 2.62. The Balaban J connectivity index is 1.79. The second kappa shape index (κ2) is 5.41. The number of phenolic OH excluding ortho intramolecular Hbond substituents is 2. The highest BCUT2D eigenvalue weighted by Crippen LogP contribution is 2.30. The van der Waals surface area contributed by atoms with Crippen molar-refractivity contribution in [1.29, 1.82) is 0 Å². The fourth-order valence-corrected chi connectivity index (χ4v) is 2.61. The molecule has 0 heterocycles. The van der Waals surface area contributed by atoms with Gasteiger partial charge in [0.1, 0.15) is 0 Å². The van der Waals surface area contributed by atoms with Gasteiger partial charge in [0, 0.05) is 6.54 Å². The Morgan fingerprint density at radius 3 is 2.71 bits per heavy atom. The molecule has 17 heavy (non-hydrogen) atoms. The lowest BCUT2D eigenvalue weighted by Crippen LogP contribution is -2.23. The van der Waals surface area contributed by atoms with Crippen LogP contribution in [-0.4, -0.2) is 16.8 Å². The molecule has 2 rings (SSSR count). The summed E-state index contributed by atoms with van der Waals surface area (Å²) in [7, 11) is 0. The van der Waals surface area contributed by atoms with Gasteiger partial charge in [-0.1, -0.05) is 25.8 Å². The average molecular weight is 235 g/mol. The third kappa shape index (κ3) is 3.13. The van der Waals surface area contributed by atoms with Crippen molar-refractivity contribution >= 4 is 0 Å². The van der Waals surface area contributed by atoms with Gasteiger partial charge in [0.15, 0.2) is 11.5 Å². The van der Waals surface area contributed by atoms with Gasteiger partial charge in [-0.25, -0.2) is 0 Å². The van der Waals surface area contributed by atoms with Gasteiger partial charge >= 0.3 is 0 Å². The van der Waals surface area contributed by atoms with E-state index in [9.17, 15) is 10.2 Å². The van der Waals surface area contributed by atoms with Crippen molar-refractivity contribution < 1.29 is 10.2 Å². The molecule has 0 aromatic heterocycles. The molecule has 1 fully saturated rings. The van der Waals surface area contributed by atoms with Crippen LogP contribution >= 0.6 is 0 Å². The molecule has 0 bridgehead atoms. The Labute approximate surface area is 102 Å². The van der Waals surface area contributed by atoms with Crippen LogP contribution in [0.15, 0.2) is 18.2 Å². The molecule has 1 aromatic rings. The summed E-state index contributed by atoms with van der Waals surface area (Å²) in [4.78, 5) is 0. The van der Waals surface area contributed by atoms with Crippen molar-refractivity contribution in [2.24, 2.45) is 11.8 Å². The molecular weight excluding hydrogens is 214 g/mol. The molecule has 1 saturated carbocycles. The van der Waals surface area contributed by atoms with Crippen LogP contribution in [-0.2, 0) is 6.54 Å². The lowest BCUT2D eigenvalue weighted by atomic mass is 9.98. The molecule has 3 nitrogen and oxygen atoms in total. The summed E-state index contributed by atoms with van der Waals surface area (Å²) in [6.45, 7) is 4.12. The minimum Gasteiger partial charge on any atom is -0.504 e. The first-order valence-corrected chi connectivity index (χ1v) is 6.38. The molecule has 2 unspecified atom stereocenters. The zero-order valence-corrected chi connectivity index (χ0v) is 10.3. The largest absolute Gasteiger partial charge is 0.504 e. The highest BCUT2D eigenvalue weighted by Gasteiger charge is 2.22. The van der Waals surface area contributed by atoms with Gasteiger partial charge in [0.2, 0.25) is 0 Å². The van der Waals surface area contributed by atoms with Crippen molar-refractivity contribution in [1.82, 2.24) is 5.32 Å². The van der Waals surface area contributed by atoms with Gasteiger partial charge in [-0.2, -0.15) is 0 Å². The van der Waals surface area contributed by atoms with E-state index in [1.165, 1.54) is 25.3 Å². The third-order valence-corrected chi connectivity index (χ3v) is 3.81. The molecule has 3 heteroatoms. The summed E-state index contributed by atoms with van der Waals surface area (Å²) in [5, 5.41) is 22.0. The van der Waals surface area contributed by atoms with Gasteiger partial charge in [-0.15, -0.1) is 0 Å². The van der Waals surface area contributed by atoms with E-state index in [2.05, 4.69) is 12.2 Å².